The maximum Gasteiger partial charge on any atom is 0.251 e. The van der Waals surface area contributed by atoms with Crippen LogP contribution in [0.3, 0.4) is 0 Å². The number of amides is 1. The number of aliphatic hydroxyl groups is 1. The molecule has 0 spiro atoms. The number of aromatic nitrogens is 2. The molecule has 5 heteroatoms. The van der Waals surface area contributed by atoms with Crippen molar-refractivity contribution in [1.82, 2.24) is 14.9 Å². The van der Waals surface area contributed by atoms with Crippen molar-refractivity contribution in [1.29, 1.82) is 0 Å². The maximum absolute atomic E-state index is 12.9. The van der Waals surface area contributed by atoms with Gasteiger partial charge in [0.1, 0.15) is 5.82 Å². The third-order valence-electron chi connectivity index (χ3n) is 6.76. The summed E-state index contributed by atoms with van der Waals surface area (Å²) in [6.45, 7) is 13.1. The molecule has 3 atom stereocenters. The Morgan fingerprint density at radius 2 is 1.84 bits per heavy atom. The molecule has 1 heterocycles. The Kier molecular flexibility index (Phi) is 10.0. The second-order valence-corrected chi connectivity index (χ2v) is 9.17. The van der Waals surface area contributed by atoms with Gasteiger partial charge >= 0.3 is 0 Å². The van der Waals surface area contributed by atoms with E-state index in [1.165, 1.54) is 19.3 Å². The van der Waals surface area contributed by atoms with E-state index in [2.05, 4.69) is 44.5 Å². The van der Waals surface area contributed by atoms with Crippen LogP contribution in [0.2, 0.25) is 0 Å². The molecule has 0 aliphatic rings. The number of imidazole rings is 1. The van der Waals surface area contributed by atoms with Gasteiger partial charge < -0.3 is 15.0 Å². The van der Waals surface area contributed by atoms with Crippen LogP contribution in [0.25, 0.3) is 11.0 Å². The summed E-state index contributed by atoms with van der Waals surface area (Å²) in [5, 5.41) is 12.7. The van der Waals surface area contributed by atoms with E-state index >= 15 is 0 Å². The van der Waals surface area contributed by atoms with Crippen LogP contribution in [0.1, 0.15) is 102 Å². The summed E-state index contributed by atoms with van der Waals surface area (Å²) in [4.78, 5) is 17.9. The number of fused-ring (bicyclic) bond motifs is 1. The van der Waals surface area contributed by atoms with Crippen LogP contribution < -0.4 is 5.32 Å². The average Bonchev–Trinajstić information content (AvgIpc) is 3.13. The van der Waals surface area contributed by atoms with Gasteiger partial charge in [0.05, 0.1) is 23.7 Å². The van der Waals surface area contributed by atoms with Crippen LogP contribution >= 0.6 is 0 Å². The minimum absolute atomic E-state index is 0.0495. The van der Waals surface area contributed by atoms with Crippen molar-refractivity contribution in [2.24, 2.45) is 11.8 Å². The monoisotopic (exact) mass is 429 g/mol. The number of hydrogen-bond donors (Lipinski definition) is 2. The third-order valence-corrected chi connectivity index (χ3v) is 6.76. The van der Waals surface area contributed by atoms with Crippen LogP contribution in [0, 0.1) is 11.8 Å². The van der Waals surface area contributed by atoms with Crippen molar-refractivity contribution in [3.05, 3.63) is 29.6 Å². The van der Waals surface area contributed by atoms with Gasteiger partial charge in [-0.1, -0.05) is 67.2 Å². The molecular weight excluding hydrogens is 386 g/mol. The fraction of sp³-hybridized carbons (Fsp3) is 0.692. The highest BCUT2D eigenvalue weighted by Gasteiger charge is 2.21. The van der Waals surface area contributed by atoms with Gasteiger partial charge in [0, 0.05) is 18.0 Å². The first-order valence-corrected chi connectivity index (χ1v) is 12.3. The molecule has 5 nitrogen and oxygen atoms in total. The number of hydrogen-bond acceptors (Lipinski definition) is 3. The Balaban J connectivity index is 2.37. The lowest BCUT2D eigenvalue weighted by Gasteiger charge is -2.22. The van der Waals surface area contributed by atoms with E-state index < -0.39 is 0 Å². The third kappa shape index (κ3) is 6.31. The van der Waals surface area contributed by atoms with Crippen LogP contribution in [0.4, 0.5) is 0 Å². The molecular formula is C26H43N3O2. The number of nitrogens with one attached hydrogen (secondary N) is 1. The van der Waals surface area contributed by atoms with Gasteiger partial charge in [0.2, 0.25) is 0 Å². The maximum atomic E-state index is 12.9. The Labute approximate surface area is 188 Å². The zero-order valence-corrected chi connectivity index (χ0v) is 20.4. The summed E-state index contributed by atoms with van der Waals surface area (Å²) in [5.41, 5.74) is 2.61. The van der Waals surface area contributed by atoms with Gasteiger partial charge in [-0.25, -0.2) is 4.98 Å². The standard InChI is InChI=1S/C26H43N3O2/c1-7-11-12-18(5)15-25-27-22-16-20(26(31)28-23(17-30)19(6)8-2)13-14-24(22)29(25)21(9-3)10-4/h13-14,16,18-19,21,23,30H,7-12,15,17H2,1-6H3,(H,28,31)/t18?,19-,23+/m0/s1. The number of rotatable bonds is 13. The molecule has 0 saturated carbocycles. The molecule has 0 fully saturated rings. The lowest BCUT2D eigenvalue weighted by molar-refractivity contribution is 0.0891. The molecule has 1 amide bonds. The van der Waals surface area contributed by atoms with E-state index in [-0.39, 0.29) is 24.5 Å². The van der Waals surface area contributed by atoms with Crippen molar-refractivity contribution in [2.45, 2.75) is 98.6 Å². The Morgan fingerprint density at radius 3 is 2.42 bits per heavy atom. The topological polar surface area (TPSA) is 67.2 Å². The SMILES string of the molecule is CCCCC(C)Cc1nc2cc(C(=O)N[C@H](CO)[C@@H](C)CC)ccc2n1C(CC)CC. The van der Waals surface area contributed by atoms with E-state index in [1.807, 2.05) is 25.1 Å². The van der Waals surface area contributed by atoms with Crippen molar-refractivity contribution < 1.29 is 9.90 Å². The highest BCUT2D eigenvalue weighted by molar-refractivity contribution is 5.97. The van der Waals surface area contributed by atoms with Gasteiger partial charge in [0.15, 0.2) is 0 Å². The quantitative estimate of drug-likeness (QED) is 0.416. The number of nitrogens with zero attached hydrogens (tertiary/aromatic N) is 2. The zero-order chi connectivity index (χ0) is 23.0. The Hall–Kier alpha value is -1.88. The molecule has 0 aliphatic heterocycles. The molecule has 174 valence electrons. The number of carbonyl (C=O) groups is 1. The number of unbranched alkanes of at least 4 members (excludes halogenated alkanes) is 1. The predicted octanol–water partition coefficient (Wildman–Crippen LogP) is 5.90. The summed E-state index contributed by atoms with van der Waals surface area (Å²) < 4.78 is 2.41. The van der Waals surface area contributed by atoms with Crippen LogP contribution in [-0.4, -0.2) is 33.2 Å². The molecule has 1 aromatic carbocycles. The second-order valence-electron chi connectivity index (χ2n) is 9.17. The molecule has 2 rings (SSSR count). The number of benzene rings is 1. The number of aliphatic hydroxyl groups excluding tert-OH is 1. The Morgan fingerprint density at radius 1 is 1.13 bits per heavy atom. The van der Waals surface area contributed by atoms with E-state index in [1.54, 1.807) is 0 Å². The van der Waals surface area contributed by atoms with Gasteiger partial charge in [-0.3, -0.25) is 4.79 Å². The summed E-state index contributed by atoms with van der Waals surface area (Å²) in [5.74, 6) is 1.81. The van der Waals surface area contributed by atoms with Crippen LogP contribution in [0.15, 0.2) is 18.2 Å². The molecule has 1 unspecified atom stereocenters. The minimum Gasteiger partial charge on any atom is -0.394 e. The highest BCUT2D eigenvalue weighted by atomic mass is 16.3. The van der Waals surface area contributed by atoms with E-state index in [0.29, 0.717) is 17.5 Å². The Bertz CT molecular complexity index is 825. The molecule has 1 aromatic heterocycles. The van der Waals surface area contributed by atoms with Crippen LogP contribution in [-0.2, 0) is 6.42 Å². The fourth-order valence-electron chi connectivity index (χ4n) is 4.37. The summed E-state index contributed by atoms with van der Waals surface area (Å²) in [7, 11) is 0. The summed E-state index contributed by atoms with van der Waals surface area (Å²) >= 11 is 0. The van der Waals surface area contributed by atoms with E-state index in [4.69, 9.17) is 4.98 Å². The van der Waals surface area contributed by atoms with Crippen molar-refractivity contribution >= 4 is 16.9 Å². The largest absolute Gasteiger partial charge is 0.394 e. The van der Waals surface area contributed by atoms with Crippen LogP contribution in [0.5, 0.6) is 0 Å². The molecule has 2 N–H and O–H groups in total. The normalized spacial score (nSPS) is 14.7. The summed E-state index contributed by atoms with van der Waals surface area (Å²) in [6, 6.07) is 6.04. The fourth-order valence-corrected chi connectivity index (χ4v) is 4.37. The highest BCUT2D eigenvalue weighted by Crippen LogP contribution is 2.28. The molecule has 2 aromatic rings. The molecule has 0 radical (unpaired) electrons. The van der Waals surface area contributed by atoms with Crippen molar-refractivity contribution in [3.8, 4) is 0 Å². The van der Waals surface area contributed by atoms with Crippen molar-refractivity contribution in [3.63, 3.8) is 0 Å². The van der Waals surface area contributed by atoms with Gasteiger partial charge in [-0.2, -0.15) is 0 Å². The lowest BCUT2D eigenvalue weighted by Crippen LogP contribution is -2.41. The van der Waals surface area contributed by atoms with E-state index in [0.717, 1.165) is 42.5 Å². The van der Waals surface area contributed by atoms with Gasteiger partial charge in [-0.15, -0.1) is 0 Å². The molecule has 0 bridgehead atoms. The molecule has 0 saturated heterocycles. The first-order valence-electron chi connectivity index (χ1n) is 12.3. The smallest absolute Gasteiger partial charge is 0.251 e. The molecule has 31 heavy (non-hydrogen) atoms. The number of carbonyl (C=O) groups excluding carboxylic acids is 1. The van der Waals surface area contributed by atoms with Gasteiger partial charge in [-0.05, 0) is 42.9 Å². The first-order chi connectivity index (χ1) is 14.9. The lowest BCUT2D eigenvalue weighted by atomic mass is 9.99. The van der Waals surface area contributed by atoms with Crippen molar-refractivity contribution in [2.75, 3.05) is 6.61 Å². The minimum atomic E-state index is -0.231. The van der Waals surface area contributed by atoms with Gasteiger partial charge in [0.25, 0.3) is 5.91 Å². The second kappa shape index (κ2) is 12.2. The predicted molar refractivity (Wildman–Crippen MR) is 130 cm³/mol. The average molecular weight is 430 g/mol. The first kappa shape index (κ1) is 25.4. The molecule has 0 aliphatic carbocycles. The van der Waals surface area contributed by atoms with E-state index in [9.17, 15) is 9.90 Å². The zero-order valence-electron chi connectivity index (χ0n) is 20.4. The summed E-state index contributed by atoms with van der Waals surface area (Å²) in [6.07, 6.45) is 7.68.